The number of benzene rings is 2. The van der Waals surface area contributed by atoms with E-state index in [0.717, 1.165) is 11.3 Å². The number of carbonyl (C=O) groups excluding carboxylic acids is 1. The van der Waals surface area contributed by atoms with E-state index in [-0.39, 0.29) is 17.0 Å². The second-order valence-electron chi connectivity index (χ2n) is 4.82. The zero-order chi connectivity index (χ0) is 15.5. The number of aliphatic imine (C=N–C) groups is 1. The van der Waals surface area contributed by atoms with Gasteiger partial charge >= 0.3 is 0 Å². The average molecular weight is 335 g/mol. The molecule has 1 fully saturated rings. The fraction of sp³-hybridized carbons (Fsp3) is 0.125. The molecule has 112 valence electrons. The highest BCUT2D eigenvalue weighted by atomic mass is 35.5. The molecule has 1 aliphatic rings. The van der Waals surface area contributed by atoms with E-state index in [2.05, 4.69) is 10.3 Å². The molecule has 1 unspecified atom stereocenters. The minimum absolute atomic E-state index is 0.0814. The molecule has 0 bridgehead atoms. The van der Waals surface area contributed by atoms with Crippen molar-refractivity contribution in [2.45, 2.75) is 11.7 Å². The molecular weight excluding hydrogens is 323 g/mol. The topological polar surface area (TPSA) is 41.5 Å². The van der Waals surface area contributed by atoms with Crippen LogP contribution in [-0.2, 0) is 11.2 Å². The summed E-state index contributed by atoms with van der Waals surface area (Å²) in [4.78, 5) is 16.4. The van der Waals surface area contributed by atoms with Crippen molar-refractivity contribution in [3.05, 3.63) is 64.9 Å². The third kappa shape index (κ3) is 3.67. The Kier molecular flexibility index (Phi) is 4.45. The zero-order valence-corrected chi connectivity index (χ0v) is 13.0. The van der Waals surface area contributed by atoms with Gasteiger partial charge in [-0.3, -0.25) is 4.79 Å². The van der Waals surface area contributed by atoms with Gasteiger partial charge in [0, 0.05) is 5.02 Å². The van der Waals surface area contributed by atoms with Gasteiger partial charge in [0.05, 0.1) is 10.9 Å². The van der Waals surface area contributed by atoms with E-state index in [4.69, 9.17) is 11.6 Å². The maximum Gasteiger partial charge on any atom is 0.239 e. The molecule has 22 heavy (non-hydrogen) atoms. The Morgan fingerprint density at radius 2 is 1.82 bits per heavy atom. The molecule has 1 atom stereocenters. The summed E-state index contributed by atoms with van der Waals surface area (Å²) in [7, 11) is 0. The van der Waals surface area contributed by atoms with Gasteiger partial charge in [0.1, 0.15) is 5.82 Å². The number of hydrogen-bond donors (Lipinski definition) is 1. The highest BCUT2D eigenvalue weighted by molar-refractivity contribution is 8.15. The molecule has 0 radical (unpaired) electrons. The van der Waals surface area contributed by atoms with Crippen LogP contribution in [0.3, 0.4) is 0 Å². The molecule has 2 aromatic carbocycles. The number of rotatable bonds is 3. The van der Waals surface area contributed by atoms with Crippen LogP contribution in [0.5, 0.6) is 0 Å². The van der Waals surface area contributed by atoms with Crippen LogP contribution in [0.15, 0.2) is 53.5 Å². The van der Waals surface area contributed by atoms with Crippen molar-refractivity contribution >= 4 is 40.1 Å². The maximum atomic E-state index is 12.9. The van der Waals surface area contributed by atoms with Crippen LogP contribution in [0.2, 0.25) is 5.02 Å². The van der Waals surface area contributed by atoms with Crippen LogP contribution in [-0.4, -0.2) is 16.3 Å². The number of amides is 1. The lowest BCUT2D eigenvalue weighted by Gasteiger charge is -2.04. The van der Waals surface area contributed by atoms with Gasteiger partial charge in [-0.15, -0.1) is 0 Å². The molecule has 1 amide bonds. The molecule has 6 heteroatoms. The SMILES string of the molecule is O=C1N/C(=N\c2ccc(Cl)cc2)SC1Cc1ccc(F)cc1. The predicted octanol–water partition coefficient (Wildman–Crippen LogP) is 3.94. The van der Waals surface area contributed by atoms with Crippen LogP contribution in [0.4, 0.5) is 10.1 Å². The summed E-state index contributed by atoms with van der Waals surface area (Å²) in [6.07, 6.45) is 0.538. The van der Waals surface area contributed by atoms with E-state index in [0.29, 0.717) is 16.6 Å². The van der Waals surface area contributed by atoms with Crippen molar-refractivity contribution in [1.29, 1.82) is 0 Å². The fourth-order valence-corrected chi connectivity index (χ4v) is 3.21. The molecule has 0 saturated carbocycles. The monoisotopic (exact) mass is 334 g/mol. The van der Waals surface area contributed by atoms with Gasteiger partial charge in [0.15, 0.2) is 5.17 Å². The van der Waals surface area contributed by atoms with Gasteiger partial charge in [0.25, 0.3) is 0 Å². The smallest absolute Gasteiger partial charge is 0.239 e. The summed E-state index contributed by atoms with van der Waals surface area (Å²) in [5, 5.41) is 3.72. The molecule has 1 heterocycles. The van der Waals surface area contributed by atoms with Crippen LogP contribution in [0.1, 0.15) is 5.56 Å². The van der Waals surface area contributed by atoms with Crippen LogP contribution >= 0.6 is 23.4 Å². The zero-order valence-electron chi connectivity index (χ0n) is 11.4. The third-order valence-electron chi connectivity index (χ3n) is 3.17. The van der Waals surface area contributed by atoms with Crippen molar-refractivity contribution in [2.75, 3.05) is 0 Å². The molecule has 0 aliphatic carbocycles. The molecule has 1 saturated heterocycles. The minimum Gasteiger partial charge on any atom is -0.304 e. The largest absolute Gasteiger partial charge is 0.304 e. The second kappa shape index (κ2) is 6.50. The van der Waals surface area contributed by atoms with Gasteiger partial charge in [0.2, 0.25) is 5.91 Å². The predicted molar refractivity (Wildman–Crippen MR) is 88.2 cm³/mol. The molecular formula is C16H12ClFN2OS. The average Bonchev–Trinajstić information content (AvgIpc) is 2.84. The van der Waals surface area contributed by atoms with Crippen molar-refractivity contribution in [2.24, 2.45) is 4.99 Å². The lowest BCUT2D eigenvalue weighted by Crippen LogP contribution is -2.25. The standard InChI is InChI=1S/C16H12ClFN2OS/c17-11-3-7-13(8-4-11)19-16-20-15(21)14(22-16)9-10-1-5-12(18)6-2-10/h1-8,14H,9H2,(H,19,20,21). The highest BCUT2D eigenvalue weighted by Gasteiger charge is 2.30. The summed E-state index contributed by atoms with van der Waals surface area (Å²) < 4.78 is 12.9. The summed E-state index contributed by atoms with van der Waals surface area (Å²) >= 11 is 7.21. The molecule has 1 N–H and O–H groups in total. The number of amidine groups is 1. The van der Waals surface area contributed by atoms with E-state index >= 15 is 0 Å². The van der Waals surface area contributed by atoms with Crippen molar-refractivity contribution in [3.8, 4) is 0 Å². The Morgan fingerprint density at radius 3 is 2.50 bits per heavy atom. The van der Waals surface area contributed by atoms with Gasteiger partial charge < -0.3 is 5.32 Å². The maximum absolute atomic E-state index is 12.9. The summed E-state index contributed by atoms with van der Waals surface area (Å²) in [5.74, 6) is -0.362. The number of nitrogens with zero attached hydrogens (tertiary/aromatic N) is 1. The first kappa shape index (κ1) is 15.1. The van der Waals surface area contributed by atoms with Crippen LogP contribution < -0.4 is 5.32 Å². The van der Waals surface area contributed by atoms with Crippen LogP contribution in [0.25, 0.3) is 0 Å². The van der Waals surface area contributed by atoms with Crippen LogP contribution in [0, 0.1) is 5.82 Å². The first-order chi connectivity index (χ1) is 10.6. The number of thioether (sulfide) groups is 1. The van der Waals surface area contributed by atoms with E-state index in [1.54, 1.807) is 36.4 Å². The number of carbonyl (C=O) groups is 1. The van der Waals surface area contributed by atoms with E-state index < -0.39 is 0 Å². The quantitative estimate of drug-likeness (QED) is 0.923. The lowest BCUT2D eigenvalue weighted by atomic mass is 10.1. The first-order valence-corrected chi connectivity index (χ1v) is 7.92. The van der Waals surface area contributed by atoms with Gasteiger partial charge in [-0.05, 0) is 48.4 Å². The summed E-state index contributed by atoms with van der Waals surface area (Å²) in [6, 6.07) is 13.3. The number of nitrogens with one attached hydrogen (secondary N) is 1. The number of hydrogen-bond acceptors (Lipinski definition) is 3. The molecule has 3 nitrogen and oxygen atoms in total. The molecule has 1 aliphatic heterocycles. The normalized spacial score (nSPS) is 19.5. The van der Waals surface area contributed by atoms with Crippen molar-refractivity contribution in [1.82, 2.24) is 5.32 Å². The third-order valence-corrected chi connectivity index (χ3v) is 4.50. The lowest BCUT2D eigenvalue weighted by molar-refractivity contribution is -0.118. The Hall–Kier alpha value is -1.85. The van der Waals surface area contributed by atoms with E-state index in [1.165, 1.54) is 23.9 Å². The molecule has 0 spiro atoms. The fourth-order valence-electron chi connectivity index (χ4n) is 2.06. The first-order valence-electron chi connectivity index (χ1n) is 6.66. The van der Waals surface area contributed by atoms with Gasteiger partial charge in [-0.25, -0.2) is 9.38 Å². The molecule has 3 rings (SSSR count). The van der Waals surface area contributed by atoms with E-state index in [9.17, 15) is 9.18 Å². The Balaban J connectivity index is 1.70. The van der Waals surface area contributed by atoms with Crippen molar-refractivity contribution in [3.63, 3.8) is 0 Å². The highest BCUT2D eigenvalue weighted by Crippen LogP contribution is 2.26. The molecule has 0 aromatic heterocycles. The summed E-state index contributed by atoms with van der Waals surface area (Å²) in [5.41, 5.74) is 1.65. The Morgan fingerprint density at radius 1 is 1.14 bits per heavy atom. The van der Waals surface area contributed by atoms with Crippen molar-refractivity contribution < 1.29 is 9.18 Å². The number of halogens is 2. The molecule has 2 aromatic rings. The second-order valence-corrected chi connectivity index (χ2v) is 6.45. The van der Waals surface area contributed by atoms with E-state index in [1.807, 2.05) is 0 Å². The Bertz CT molecular complexity index is 716. The van der Waals surface area contributed by atoms with Gasteiger partial charge in [-0.1, -0.05) is 35.5 Å². The Labute approximate surface area is 136 Å². The summed E-state index contributed by atoms with van der Waals surface area (Å²) in [6.45, 7) is 0. The van der Waals surface area contributed by atoms with Gasteiger partial charge in [-0.2, -0.15) is 0 Å². The minimum atomic E-state index is -0.280.